The minimum atomic E-state index is -0.160. The largest absolute Gasteiger partial charge is 0.495 e. The molecule has 4 heteroatoms. The van der Waals surface area contributed by atoms with Crippen LogP contribution in [0.3, 0.4) is 0 Å². The number of hydrogen-bond acceptors (Lipinski definition) is 3. The first kappa shape index (κ1) is 12.5. The molecule has 1 heterocycles. The molecule has 0 aliphatic heterocycles. The lowest BCUT2D eigenvalue weighted by Crippen LogP contribution is -2.00. The molecule has 4 nitrogen and oxygen atoms in total. The number of esters is 1. The molecule has 0 spiro atoms. The van der Waals surface area contributed by atoms with Gasteiger partial charge in [0.15, 0.2) is 0 Å². The van der Waals surface area contributed by atoms with E-state index in [1.165, 1.54) is 12.7 Å². The van der Waals surface area contributed by atoms with Crippen molar-refractivity contribution in [2.75, 3.05) is 14.2 Å². The molecule has 1 aromatic heterocycles. The minimum absolute atomic E-state index is 0.160. The predicted octanol–water partition coefficient (Wildman–Crippen LogP) is 2.67. The number of ether oxygens (including phenoxy) is 2. The first-order valence-electron chi connectivity index (χ1n) is 5.96. The number of carbonyl (C=O) groups is 1. The van der Waals surface area contributed by atoms with Gasteiger partial charge in [-0.05, 0) is 24.5 Å². The fraction of sp³-hybridized carbons (Fsp3) is 0.357. The van der Waals surface area contributed by atoms with E-state index in [2.05, 4.69) is 15.8 Å². The third-order valence-corrected chi connectivity index (χ3v) is 3.04. The van der Waals surface area contributed by atoms with Crippen molar-refractivity contribution in [3.8, 4) is 5.75 Å². The van der Waals surface area contributed by atoms with E-state index in [0.717, 1.165) is 29.5 Å². The second kappa shape index (κ2) is 5.58. The van der Waals surface area contributed by atoms with Gasteiger partial charge >= 0.3 is 5.97 Å². The zero-order valence-corrected chi connectivity index (χ0v) is 10.7. The zero-order valence-electron chi connectivity index (χ0n) is 10.7. The average molecular weight is 247 g/mol. The van der Waals surface area contributed by atoms with Crippen molar-refractivity contribution in [2.45, 2.75) is 19.3 Å². The molecule has 0 aliphatic rings. The molecule has 0 fully saturated rings. The topological polar surface area (TPSA) is 51.3 Å². The van der Waals surface area contributed by atoms with Gasteiger partial charge in [-0.3, -0.25) is 4.79 Å². The van der Waals surface area contributed by atoms with Crippen molar-refractivity contribution in [1.29, 1.82) is 0 Å². The number of hydrogen-bond donors (Lipinski definition) is 1. The van der Waals surface area contributed by atoms with Crippen LogP contribution < -0.4 is 4.74 Å². The molecule has 96 valence electrons. The number of nitrogens with one attached hydrogen (secondary N) is 1. The SMILES string of the molecule is COC(=O)CCCc1c[nH]c2c(OC)cccc12. The maximum absolute atomic E-state index is 11.1. The summed E-state index contributed by atoms with van der Waals surface area (Å²) in [5.41, 5.74) is 2.21. The Kier molecular flexibility index (Phi) is 3.87. The van der Waals surface area contributed by atoms with Gasteiger partial charge in [0.05, 0.1) is 19.7 Å². The Morgan fingerprint density at radius 1 is 1.33 bits per heavy atom. The molecule has 0 bridgehead atoms. The highest BCUT2D eigenvalue weighted by Gasteiger charge is 2.08. The quantitative estimate of drug-likeness (QED) is 0.826. The number of H-pyrrole nitrogens is 1. The number of carbonyl (C=O) groups excluding carboxylic acids is 1. The standard InChI is InChI=1S/C14H17NO3/c1-17-12-7-4-6-11-10(9-15-14(11)12)5-3-8-13(16)18-2/h4,6-7,9,15H,3,5,8H2,1-2H3. The fourth-order valence-corrected chi connectivity index (χ4v) is 2.09. The molecule has 0 saturated carbocycles. The number of benzene rings is 1. The number of aryl methyl sites for hydroxylation is 1. The van der Waals surface area contributed by atoms with Gasteiger partial charge in [0, 0.05) is 18.0 Å². The number of rotatable bonds is 5. The van der Waals surface area contributed by atoms with Crippen molar-refractivity contribution in [3.63, 3.8) is 0 Å². The molecular weight excluding hydrogens is 230 g/mol. The third kappa shape index (κ3) is 2.47. The van der Waals surface area contributed by atoms with E-state index in [1.807, 2.05) is 18.3 Å². The Balaban J connectivity index is 2.12. The highest BCUT2D eigenvalue weighted by Crippen LogP contribution is 2.27. The second-order valence-electron chi connectivity index (χ2n) is 4.13. The molecule has 0 radical (unpaired) electrons. The van der Waals surface area contributed by atoms with Crippen LogP contribution in [0.25, 0.3) is 10.9 Å². The zero-order chi connectivity index (χ0) is 13.0. The monoisotopic (exact) mass is 247 g/mol. The lowest BCUT2D eigenvalue weighted by Gasteiger charge is -2.02. The van der Waals surface area contributed by atoms with Gasteiger partial charge in [-0.15, -0.1) is 0 Å². The molecule has 0 saturated heterocycles. The minimum Gasteiger partial charge on any atom is -0.495 e. The molecule has 0 amide bonds. The molecule has 2 rings (SSSR count). The molecule has 0 aliphatic carbocycles. The Morgan fingerprint density at radius 2 is 2.17 bits per heavy atom. The predicted molar refractivity (Wildman–Crippen MR) is 69.8 cm³/mol. The van der Waals surface area contributed by atoms with Crippen LogP contribution in [0.5, 0.6) is 5.75 Å². The summed E-state index contributed by atoms with van der Waals surface area (Å²) in [5, 5.41) is 1.15. The van der Waals surface area contributed by atoms with Crippen LogP contribution in [0.4, 0.5) is 0 Å². The summed E-state index contributed by atoms with van der Waals surface area (Å²) in [5.74, 6) is 0.680. The summed E-state index contributed by atoms with van der Waals surface area (Å²) in [6.07, 6.45) is 4.07. The van der Waals surface area contributed by atoms with Crippen molar-refractivity contribution < 1.29 is 14.3 Å². The van der Waals surface area contributed by atoms with Crippen LogP contribution in [0.2, 0.25) is 0 Å². The van der Waals surface area contributed by atoms with Crippen LogP contribution >= 0.6 is 0 Å². The molecule has 18 heavy (non-hydrogen) atoms. The van der Waals surface area contributed by atoms with Crippen LogP contribution in [0.15, 0.2) is 24.4 Å². The lowest BCUT2D eigenvalue weighted by molar-refractivity contribution is -0.140. The van der Waals surface area contributed by atoms with E-state index in [0.29, 0.717) is 6.42 Å². The van der Waals surface area contributed by atoms with E-state index in [-0.39, 0.29) is 5.97 Å². The summed E-state index contributed by atoms with van der Waals surface area (Å²) in [6, 6.07) is 5.96. The Morgan fingerprint density at radius 3 is 2.89 bits per heavy atom. The highest BCUT2D eigenvalue weighted by atomic mass is 16.5. The van der Waals surface area contributed by atoms with Gasteiger partial charge in [0.1, 0.15) is 5.75 Å². The molecule has 1 N–H and O–H groups in total. The first-order valence-corrected chi connectivity index (χ1v) is 5.96. The lowest BCUT2D eigenvalue weighted by atomic mass is 10.1. The van der Waals surface area contributed by atoms with E-state index in [1.54, 1.807) is 7.11 Å². The van der Waals surface area contributed by atoms with Gasteiger partial charge in [-0.1, -0.05) is 12.1 Å². The molecule has 0 unspecified atom stereocenters. The summed E-state index contributed by atoms with van der Waals surface area (Å²) < 4.78 is 9.92. The van der Waals surface area contributed by atoms with Crippen LogP contribution in [-0.2, 0) is 16.0 Å². The highest BCUT2D eigenvalue weighted by molar-refractivity contribution is 5.88. The Bertz CT molecular complexity index is 545. The van der Waals surface area contributed by atoms with Crippen LogP contribution in [-0.4, -0.2) is 25.2 Å². The van der Waals surface area contributed by atoms with E-state index < -0.39 is 0 Å². The second-order valence-corrected chi connectivity index (χ2v) is 4.13. The van der Waals surface area contributed by atoms with Crippen LogP contribution in [0, 0.1) is 0 Å². The van der Waals surface area contributed by atoms with E-state index in [4.69, 9.17) is 4.74 Å². The Hall–Kier alpha value is -1.97. The van der Waals surface area contributed by atoms with Gasteiger partial charge in [0.25, 0.3) is 0 Å². The summed E-state index contributed by atoms with van der Waals surface area (Å²) in [7, 11) is 3.07. The smallest absolute Gasteiger partial charge is 0.305 e. The normalized spacial score (nSPS) is 10.6. The maximum atomic E-state index is 11.1. The van der Waals surface area contributed by atoms with Gasteiger partial charge < -0.3 is 14.5 Å². The fourth-order valence-electron chi connectivity index (χ4n) is 2.09. The first-order chi connectivity index (χ1) is 8.76. The van der Waals surface area contributed by atoms with Gasteiger partial charge in [-0.2, -0.15) is 0 Å². The number of fused-ring (bicyclic) bond motifs is 1. The van der Waals surface area contributed by atoms with E-state index >= 15 is 0 Å². The summed E-state index contributed by atoms with van der Waals surface area (Å²) in [6.45, 7) is 0. The average Bonchev–Trinajstić information content (AvgIpc) is 2.82. The Labute approximate surface area is 106 Å². The molecule has 0 atom stereocenters. The molecule has 1 aromatic carbocycles. The van der Waals surface area contributed by atoms with Gasteiger partial charge in [0.2, 0.25) is 0 Å². The summed E-state index contributed by atoms with van der Waals surface area (Å²) in [4.78, 5) is 14.3. The molecule has 2 aromatic rings. The van der Waals surface area contributed by atoms with Crippen molar-refractivity contribution in [1.82, 2.24) is 4.98 Å². The van der Waals surface area contributed by atoms with E-state index in [9.17, 15) is 4.79 Å². The van der Waals surface area contributed by atoms with Gasteiger partial charge in [-0.25, -0.2) is 0 Å². The number of para-hydroxylation sites is 1. The van der Waals surface area contributed by atoms with Crippen molar-refractivity contribution in [3.05, 3.63) is 30.0 Å². The third-order valence-electron chi connectivity index (χ3n) is 3.04. The van der Waals surface area contributed by atoms with Crippen molar-refractivity contribution >= 4 is 16.9 Å². The number of aromatic amines is 1. The maximum Gasteiger partial charge on any atom is 0.305 e. The molecular formula is C14H17NO3. The van der Waals surface area contributed by atoms with Crippen molar-refractivity contribution in [2.24, 2.45) is 0 Å². The van der Waals surface area contributed by atoms with Crippen LogP contribution in [0.1, 0.15) is 18.4 Å². The summed E-state index contributed by atoms with van der Waals surface area (Å²) >= 11 is 0. The number of methoxy groups -OCH3 is 2. The number of aromatic nitrogens is 1.